The smallest absolute Gasteiger partial charge is 0.247 e. The van der Waals surface area contributed by atoms with E-state index in [0.717, 1.165) is 35.0 Å². The van der Waals surface area contributed by atoms with E-state index in [0.29, 0.717) is 4.60 Å². The highest BCUT2D eigenvalue weighted by molar-refractivity contribution is 9.14. The first-order chi connectivity index (χ1) is 11.9. The number of halogens is 3. The second kappa shape index (κ2) is 12.5. The van der Waals surface area contributed by atoms with E-state index in [9.17, 15) is 4.79 Å². The summed E-state index contributed by atoms with van der Waals surface area (Å²) in [6.45, 7) is 8.03. The molecule has 7 heteroatoms. The third-order valence-electron chi connectivity index (χ3n) is 4.36. The molecule has 0 saturated heterocycles. The van der Waals surface area contributed by atoms with Gasteiger partial charge in [-0.15, -0.1) is 0 Å². The summed E-state index contributed by atoms with van der Waals surface area (Å²) in [6, 6.07) is -0.325. The van der Waals surface area contributed by atoms with Crippen LogP contribution < -0.4 is 0 Å². The molecule has 1 atom stereocenters. The van der Waals surface area contributed by atoms with Crippen molar-refractivity contribution in [3.63, 3.8) is 0 Å². The van der Waals surface area contributed by atoms with E-state index in [1.54, 1.807) is 4.68 Å². The van der Waals surface area contributed by atoms with Gasteiger partial charge in [0.15, 0.2) is 0 Å². The summed E-state index contributed by atoms with van der Waals surface area (Å²) in [5.74, 6) is 0.149. The van der Waals surface area contributed by atoms with Crippen molar-refractivity contribution in [2.24, 2.45) is 0 Å². The molecule has 1 aromatic rings. The lowest BCUT2D eigenvalue weighted by atomic mass is 10.1. The number of rotatable bonds is 12. The molecule has 25 heavy (non-hydrogen) atoms. The average Bonchev–Trinajstić information content (AvgIpc) is 2.86. The van der Waals surface area contributed by atoms with Crippen LogP contribution >= 0.6 is 47.8 Å². The second-order valence-electron chi connectivity index (χ2n) is 6.46. The van der Waals surface area contributed by atoms with Crippen LogP contribution in [0.25, 0.3) is 0 Å². The van der Waals surface area contributed by atoms with Crippen molar-refractivity contribution >= 4 is 53.7 Å². The fraction of sp³-hybridized carbons (Fsp3) is 0.778. The third-order valence-corrected chi connectivity index (χ3v) is 7.49. The fourth-order valence-electron chi connectivity index (χ4n) is 2.78. The van der Waals surface area contributed by atoms with Gasteiger partial charge in [0, 0.05) is 13.1 Å². The number of unbranched alkanes of at least 4 members (excludes halogenated alkanes) is 6. The Morgan fingerprint density at radius 1 is 1.00 bits per heavy atom. The Morgan fingerprint density at radius 3 is 1.92 bits per heavy atom. The lowest BCUT2D eigenvalue weighted by Crippen LogP contribution is -2.38. The maximum absolute atomic E-state index is 13.1. The van der Waals surface area contributed by atoms with Gasteiger partial charge in [-0.25, -0.2) is 4.68 Å². The highest BCUT2D eigenvalue weighted by Crippen LogP contribution is 2.32. The Kier molecular flexibility index (Phi) is 11.6. The molecular weight excluding hydrogens is 514 g/mol. The molecule has 144 valence electrons. The fourth-order valence-corrected chi connectivity index (χ4v) is 4.24. The van der Waals surface area contributed by atoms with Crippen molar-refractivity contribution in [3.05, 3.63) is 13.7 Å². The Labute approximate surface area is 177 Å². The zero-order valence-corrected chi connectivity index (χ0v) is 20.3. The summed E-state index contributed by atoms with van der Waals surface area (Å²) in [6.07, 6.45) is 9.42. The molecule has 0 aromatic carbocycles. The van der Waals surface area contributed by atoms with Gasteiger partial charge in [-0.1, -0.05) is 52.4 Å². The van der Waals surface area contributed by atoms with Crippen LogP contribution in [0.1, 0.15) is 78.2 Å². The number of aromatic nitrogens is 2. The van der Waals surface area contributed by atoms with E-state index >= 15 is 0 Å². The van der Waals surface area contributed by atoms with E-state index in [2.05, 4.69) is 66.7 Å². The summed E-state index contributed by atoms with van der Waals surface area (Å²) in [7, 11) is 0. The van der Waals surface area contributed by atoms with Gasteiger partial charge >= 0.3 is 0 Å². The topological polar surface area (TPSA) is 38.1 Å². The molecule has 0 aliphatic rings. The Bertz CT molecular complexity index is 522. The monoisotopic (exact) mass is 541 g/mol. The molecular formula is C18H30Br3N3O. The molecule has 0 spiro atoms. The second-order valence-corrected chi connectivity index (χ2v) is 8.76. The first-order valence-corrected chi connectivity index (χ1v) is 11.7. The van der Waals surface area contributed by atoms with Gasteiger partial charge in [-0.3, -0.25) is 4.79 Å². The van der Waals surface area contributed by atoms with Crippen LogP contribution in [0.15, 0.2) is 13.7 Å². The maximum Gasteiger partial charge on any atom is 0.247 e. The number of carbonyl (C=O) groups excluding carboxylic acids is 1. The summed E-state index contributed by atoms with van der Waals surface area (Å²) < 4.78 is 4.07. The number of carbonyl (C=O) groups is 1. The molecule has 0 aliphatic carbocycles. The molecule has 0 radical (unpaired) electrons. The molecule has 1 unspecified atom stereocenters. The molecule has 1 amide bonds. The van der Waals surface area contributed by atoms with Gasteiger partial charge in [0.05, 0.1) is 4.47 Å². The number of nitrogens with zero attached hydrogens (tertiary/aromatic N) is 3. The molecule has 4 nitrogen and oxygen atoms in total. The average molecular weight is 544 g/mol. The van der Waals surface area contributed by atoms with E-state index in [4.69, 9.17) is 0 Å². The zero-order valence-electron chi connectivity index (χ0n) is 15.5. The van der Waals surface area contributed by atoms with Gasteiger partial charge < -0.3 is 4.90 Å². The number of hydrogen-bond donors (Lipinski definition) is 0. The predicted molar refractivity (Wildman–Crippen MR) is 115 cm³/mol. The minimum atomic E-state index is -0.325. The summed E-state index contributed by atoms with van der Waals surface area (Å²) in [5.41, 5.74) is 0. The highest BCUT2D eigenvalue weighted by Gasteiger charge is 2.25. The van der Waals surface area contributed by atoms with Crippen LogP contribution in [0.3, 0.4) is 0 Å². The Morgan fingerprint density at radius 2 is 1.52 bits per heavy atom. The lowest BCUT2D eigenvalue weighted by molar-refractivity contribution is -0.134. The van der Waals surface area contributed by atoms with Gasteiger partial charge in [-0.05, 0) is 67.6 Å². The van der Waals surface area contributed by atoms with E-state index in [-0.39, 0.29) is 11.9 Å². The largest absolute Gasteiger partial charge is 0.341 e. The molecule has 0 saturated carbocycles. The number of hydrogen-bond acceptors (Lipinski definition) is 2. The Balaban J connectivity index is 2.75. The van der Waals surface area contributed by atoms with Crippen molar-refractivity contribution in [2.45, 2.75) is 78.2 Å². The van der Waals surface area contributed by atoms with E-state index < -0.39 is 0 Å². The van der Waals surface area contributed by atoms with Crippen molar-refractivity contribution in [1.29, 1.82) is 0 Å². The van der Waals surface area contributed by atoms with Crippen LogP contribution in [0.2, 0.25) is 0 Å². The molecule has 1 aromatic heterocycles. The van der Waals surface area contributed by atoms with Gasteiger partial charge in [0.1, 0.15) is 15.2 Å². The third kappa shape index (κ3) is 7.33. The van der Waals surface area contributed by atoms with Crippen molar-refractivity contribution in [2.75, 3.05) is 13.1 Å². The molecule has 1 heterocycles. The summed E-state index contributed by atoms with van der Waals surface area (Å²) in [5, 5.41) is 4.42. The van der Waals surface area contributed by atoms with Crippen LogP contribution in [0.4, 0.5) is 0 Å². The van der Waals surface area contributed by atoms with Crippen molar-refractivity contribution < 1.29 is 4.79 Å². The predicted octanol–water partition coefficient (Wildman–Crippen LogP) is 6.72. The molecule has 0 fully saturated rings. The SMILES string of the molecule is CCCCCCN(CCCCCC)C(=O)C(C)n1nc(Br)c(Br)c1Br. The van der Waals surface area contributed by atoms with Gasteiger partial charge in [-0.2, -0.15) is 5.10 Å². The van der Waals surface area contributed by atoms with Gasteiger partial charge in [0.2, 0.25) is 5.91 Å². The number of amides is 1. The lowest BCUT2D eigenvalue weighted by Gasteiger charge is -2.26. The Hall–Kier alpha value is 0.120. The van der Waals surface area contributed by atoms with Crippen LogP contribution in [0, 0.1) is 0 Å². The normalized spacial score (nSPS) is 12.4. The first-order valence-electron chi connectivity index (χ1n) is 9.31. The first kappa shape index (κ1) is 23.2. The maximum atomic E-state index is 13.1. The van der Waals surface area contributed by atoms with Crippen LogP contribution in [0.5, 0.6) is 0 Å². The van der Waals surface area contributed by atoms with Crippen molar-refractivity contribution in [1.82, 2.24) is 14.7 Å². The minimum Gasteiger partial charge on any atom is -0.341 e. The highest BCUT2D eigenvalue weighted by atomic mass is 79.9. The molecule has 1 rings (SSSR count). The van der Waals surface area contributed by atoms with Gasteiger partial charge in [0.25, 0.3) is 0 Å². The minimum absolute atomic E-state index is 0.149. The standard InChI is InChI=1S/C18H30Br3N3O/c1-4-6-8-10-12-23(13-11-9-7-5-2)18(25)14(3)24-17(21)15(19)16(20)22-24/h14H,4-13H2,1-3H3. The van der Waals surface area contributed by atoms with Crippen LogP contribution in [-0.4, -0.2) is 33.7 Å². The molecule has 0 N–H and O–H groups in total. The summed E-state index contributed by atoms with van der Waals surface area (Å²) in [4.78, 5) is 15.1. The summed E-state index contributed by atoms with van der Waals surface area (Å²) >= 11 is 10.4. The molecule has 0 bridgehead atoms. The van der Waals surface area contributed by atoms with E-state index in [1.807, 2.05) is 11.8 Å². The molecule has 0 aliphatic heterocycles. The van der Waals surface area contributed by atoms with Crippen molar-refractivity contribution in [3.8, 4) is 0 Å². The van der Waals surface area contributed by atoms with E-state index in [1.165, 1.54) is 38.5 Å². The van der Waals surface area contributed by atoms with Crippen LogP contribution in [-0.2, 0) is 4.79 Å². The quantitative estimate of drug-likeness (QED) is 0.274. The zero-order chi connectivity index (χ0) is 18.8.